The highest BCUT2D eigenvalue weighted by molar-refractivity contribution is 8.06. The third-order valence-electron chi connectivity index (χ3n) is 6.29. The van der Waals surface area contributed by atoms with Crippen LogP contribution in [-0.2, 0) is 16.0 Å². The number of likely N-dealkylation sites (N-methyl/N-ethyl adjacent to an activating group) is 1. The van der Waals surface area contributed by atoms with Gasteiger partial charge < -0.3 is 20.4 Å². The lowest BCUT2D eigenvalue weighted by atomic mass is 10.1. The first-order chi connectivity index (χ1) is 20.8. The number of unbranched alkanes of at least 4 members (excludes halogenated alkanes) is 1. The van der Waals surface area contributed by atoms with Crippen LogP contribution in [0.1, 0.15) is 58.6 Å². The predicted octanol–water partition coefficient (Wildman–Crippen LogP) is 7.29. The van der Waals surface area contributed by atoms with Gasteiger partial charge in [-0.15, -0.1) is 5.10 Å². The summed E-state index contributed by atoms with van der Waals surface area (Å²) in [6, 6.07) is 3.70. The number of carbonyl (C=O) groups excluding carboxylic acids is 2. The number of amides is 2. The van der Waals surface area contributed by atoms with Crippen LogP contribution in [0.3, 0.4) is 0 Å². The summed E-state index contributed by atoms with van der Waals surface area (Å²) >= 11 is 1.56. The largest absolute Gasteiger partial charge is 0.343 e. The molecule has 0 unspecified atom stereocenters. The van der Waals surface area contributed by atoms with E-state index < -0.39 is 0 Å². The first kappa shape index (κ1) is 38.1. The summed E-state index contributed by atoms with van der Waals surface area (Å²) in [6.45, 7) is 22.7. The van der Waals surface area contributed by atoms with Crippen molar-refractivity contribution in [2.24, 2.45) is 0 Å². The molecule has 0 aliphatic carbocycles. The van der Waals surface area contributed by atoms with E-state index >= 15 is 0 Å². The molecule has 0 atom stereocenters. The maximum Gasteiger partial charge on any atom is 0.238 e. The first-order valence-electron chi connectivity index (χ1n) is 14.7. The number of hydrogen-bond donors (Lipinski definition) is 2. The van der Waals surface area contributed by atoms with Gasteiger partial charge in [-0.25, -0.2) is 0 Å². The predicted molar refractivity (Wildman–Crippen MR) is 188 cm³/mol. The molecule has 1 aromatic rings. The Hall–Kier alpha value is -3.95. The standard InChI is InChI=1S/C35H50N6O2S/c1-11-13-16-26(3)23-34(42)37-33-22-21-32(38-39-33)18-15-14-17-29(6)44-30(7)41(10)28(5)24-31(12-2)20-19-27(4)36-35(43)25-40(8)9/h11-13,16,19-22H,4-7,14-15,17-18,23-25H2,1-3,8-10H3,(H,36,43)(H,37,39,42)/b13-11-,20-19-,26-16+,31-12+. The van der Waals surface area contributed by atoms with Crippen LogP contribution in [0.25, 0.3) is 0 Å². The van der Waals surface area contributed by atoms with E-state index in [4.69, 9.17) is 0 Å². The van der Waals surface area contributed by atoms with Crippen LogP contribution < -0.4 is 10.6 Å². The van der Waals surface area contributed by atoms with Crippen LogP contribution in [0.5, 0.6) is 0 Å². The van der Waals surface area contributed by atoms with Crippen molar-refractivity contribution in [1.29, 1.82) is 0 Å². The molecule has 0 fully saturated rings. The van der Waals surface area contributed by atoms with Gasteiger partial charge >= 0.3 is 0 Å². The average molecular weight is 619 g/mol. The van der Waals surface area contributed by atoms with Crippen LogP contribution in [0, 0.1) is 0 Å². The molecule has 0 aliphatic rings. The number of rotatable bonds is 20. The Bertz CT molecular complexity index is 1290. The Morgan fingerprint density at radius 3 is 2.32 bits per heavy atom. The van der Waals surface area contributed by atoms with Crippen molar-refractivity contribution in [3.63, 3.8) is 0 Å². The minimum Gasteiger partial charge on any atom is -0.343 e. The summed E-state index contributed by atoms with van der Waals surface area (Å²) < 4.78 is 0. The van der Waals surface area contributed by atoms with Crippen molar-refractivity contribution >= 4 is 29.4 Å². The van der Waals surface area contributed by atoms with Gasteiger partial charge in [0.25, 0.3) is 0 Å². The number of carbonyl (C=O) groups is 2. The smallest absolute Gasteiger partial charge is 0.238 e. The Morgan fingerprint density at radius 2 is 1.70 bits per heavy atom. The number of aromatic nitrogens is 2. The van der Waals surface area contributed by atoms with Gasteiger partial charge in [-0.05, 0) is 89.2 Å². The minimum atomic E-state index is -0.111. The lowest BCUT2D eigenvalue weighted by Crippen LogP contribution is -2.32. The van der Waals surface area contributed by atoms with Crippen LogP contribution in [-0.4, -0.2) is 59.5 Å². The maximum absolute atomic E-state index is 12.2. The van der Waals surface area contributed by atoms with Gasteiger partial charge in [-0.2, -0.15) is 5.10 Å². The van der Waals surface area contributed by atoms with Gasteiger partial charge in [0, 0.05) is 31.3 Å². The molecular weight excluding hydrogens is 568 g/mol. The zero-order valence-electron chi connectivity index (χ0n) is 27.4. The van der Waals surface area contributed by atoms with Gasteiger partial charge in [-0.3, -0.25) is 9.59 Å². The average Bonchev–Trinajstić information content (AvgIpc) is 2.95. The van der Waals surface area contributed by atoms with Crippen molar-refractivity contribution in [2.45, 2.75) is 59.3 Å². The molecule has 8 nitrogen and oxygen atoms in total. The molecule has 2 amide bonds. The first-order valence-corrected chi connectivity index (χ1v) is 15.5. The quantitative estimate of drug-likeness (QED) is 0.117. The molecule has 0 saturated heterocycles. The zero-order chi connectivity index (χ0) is 33.1. The van der Waals surface area contributed by atoms with Crippen LogP contribution in [0.15, 0.2) is 107 Å². The monoisotopic (exact) mass is 618 g/mol. The number of hydrogen-bond acceptors (Lipinski definition) is 7. The van der Waals surface area contributed by atoms with E-state index in [0.29, 0.717) is 30.9 Å². The number of nitrogens with one attached hydrogen (secondary N) is 2. The maximum atomic E-state index is 12.2. The van der Waals surface area contributed by atoms with Crippen LogP contribution >= 0.6 is 11.8 Å². The minimum absolute atomic E-state index is 0.103. The summed E-state index contributed by atoms with van der Waals surface area (Å²) in [6.07, 6.45) is 16.0. The molecule has 9 heteroatoms. The summed E-state index contributed by atoms with van der Waals surface area (Å²) in [5.74, 6) is 0.243. The van der Waals surface area contributed by atoms with E-state index in [1.165, 1.54) is 0 Å². The Labute approximate surface area is 269 Å². The van der Waals surface area contributed by atoms with Gasteiger partial charge in [0.1, 0.15) is 0 Å². The number of aryl methyl sites for hydroxylation is 1. The summed E-state index contributed by atoms with van der Waals surface area (Å²) in [4.78, 5) is 28.9. The van der Waals surface area contributed by atoms with Gasteiger partial charge in [0.05, 0.1) is 17.3 Å². The lowest BCUT2D eigenvalue weighted by molar-refractivity contribution is -0.121. The molecular formula is C35H50N6O2S. The molecule has 2 N–H and O–H groups in total. The van der Waals surface area contributed by atoms with Crippen LogP contribution in [0.4, 0.5) is 5.82 Å². The highest BCUT2D eigenvalue weighted by Crippen LogP contribution is 2.31. The Balaban J connectivity index is 2.42. The number of allylic oxidation sites excluding steroid dienone is 8. The van der Waals surface area contributed by atoms with Crippen molar-refractivity contribution in [2.75, 3.05) is 33.0 Å². The molecule has 0 bridgehead atoms. The number of anilines is 1. The molecule has 44 heavy (non-hydrogen) atoms. The molecule has 0 spiro atoms. The molecule has 1 rings (SSSR count). The summed E-state index contributed by atoms with van der Waals surface area (Å²) in [7, 11) is 5.64. The van der Waals surface area contributed by atoms with Gasteiger partial charge in [0.2, 0.25) is 11.8 Å². The van der Waals surface area contributed by atoms with Crippen molar-refractivity contribution in [1.82, 2.24) is 25.3 Å². The van der Waals surface area contributed by atoms with E-state index in [2.05, 4.69) is 47.1 Å². The van der Waals surface area contributed by atoms with Gasteiger partial charge in [0.15, 0.2) is 5.82 Å². The fourth-order valence-corrected chi connectivity index (χ4v) is 4.62. The normalized spacial score (nSPS) is 12.1. The van der Waals surface area contributed by atoms with E-state index in [0.717, 1.165) is 58.2 Å². The molecule has 0 aromatic carbocycles. The summed E-state index contributed by atoms with van der Waals surface area (Å²) in [5, 5.41) is 14.8. The number of nitrogens with zero attached hydrogens (tertiary/aromatic N) is 4. The molecule has 0 saturated carbocycles. The van der Waals surface area contributed by atoms with Crippen molar-refractivity contribution < 1.29 is 9.59 Å². The second-order valence-corrected chi connectivity index (χ2v) is 12.0. The second kappa shape index (κ2) is 20.9. The lowest BCUT2D eigenvalue weighted by Gasteiger charge is -2.24. The van der Waals surface area contributed by atoms with Gasteiger partial charge in [-0.1, -0.05) is 74.0 Å². The topological polar surface area (TPSA) is 90.5 Å². The van der Waals surface area contributed by atoms with Crippen molar-refractivity contribution in [3.8, 4) is 0 Å². The van der Waals surface area contributed by atoms with E-state index in [9.17, 15) is 9.59 Å². The Kier molecular flexibility index (Phi) is 18.1. The van der Waals surface area contributed by atoms with Crippen LogP contribution in [0.2, 0.25) is 0 Å². The van der Waals surface area contributed by atoms with Crippen molar-refractivity contribution in [3.05, 3.63) is 113 Å². The molecule has 238 valence electrons. The molecule has 0 radical (unpaired) electrons. The third-order valence-corrected chi connectivity index (χ3v) is 7.29. The highest BCUT2D eigenvalue weighted by atomic mass is 32.2. The molecule has 1 heterocycles. The number of thioether (sulfide) groups is 1. The van der Waals surface area contributed by atoms with E-state index in [1.54, 1.807) is 28.8 Å². The van der Waals surface area contributed by atoms with E-state index in [1.807, 2.05) is 83.3 Å². The second-order valence-electron chi connectivity index (χ2n) is 10.7. The fraction of sp³-hybridized carbons (Fsp3) is 0.371. The third kappa shape index (κ3) is 16.6. The highest BCUT2D eigenvalue weighted by Gasteiger charge is 2.11. The fourth-order valence-electron chi connectivity index (χ4n) is 3.78. The Morgan fingerprint density at radius 1 is 0.977 bits per heavy atom. The summed E-state index contributed by atoms with van der Waals surface area (Å²) in [5.41, 5.74) is 4.35. The van der Waals surface area contributed by atoms with E-state index in [-0.39, 0.29) is 11.8 Å². The SMILES string of the molecule is C=C(/C=C\C(=C/C)CC(=C)N(C)C(=C)SC(=C)CCCCc1ccc(NC(=O)C/C(C)=C/C=C\C)nn1)NC(=O)CN(C)C. The zero-order valence-corrected chi connectivity index (χ0v) is 28.2. The molecule has 1 aromatic heterocycles. The molecule has 0 aliphatic heterocycles.